The van der Waals surface area contributed by atoms with Crippen LogP contribution in [-0.4, -0.2) is 24.9 Å². The van der Waals surface area contributed by atoms with Crippen LogP contribution in [0.1, 0.15) is 22.7 Å². The molecule has 0 bridgehead atoms. The van der Waals surface area contributed by atoms with Crippen molar-refractivity contribution in [2.75, 3.05) is 6.54 Å². The molecule has 0 radical (unpaired) electrons. The van der Waals surface area contributed by atoms with Crippen molar-refractivity contribution in [3.05, 3.63) is 50.5 Å². The first-order valence-electron chi connectivity index (χ1n) is 6.46. The molecular formula is C13H15N3O4S2. The van der Waals surface area contributed by atoms with Gasteiger partial charge in [-0.1, -0.05) is 19.1 Å². The summed E-state index contributed by atoms with van der Waals surface area (Å²) < 4.78 is 26.9. The van der Waals surface area contributed by atoms with Crippen molar-refractivity contribution in [3.8, 4) is 0 Å². The Morgan fingerprint density at radius 3 is 2.68 bits per heavy atom. The van der Waals surface area contributed by atoms with E-state index in [1.807, 2.05) is 13.8 Å². The fourth-order valence-corrected chi connectivity index (χ4v) is 3.96. The summed E-state index contributed by atoms with van der Waals surface area (Å²) >= 11 is 1.50. The molecule has 1 aromatic heterocycles. The van der Waals surface area contributed by atoms with Crippen LogP contribution >= 0.6 is 11.3 Å². The van der Waals surface area contributed by atoms with Crippen LogP contribution in [0, 0.1) is 17.0 Å². The molecule has 1 aromatic carbocycles. The molecule has 118 valence electrons. The lowest BCUT2D eigenvalue weighted by Crippen LogP contribution is -2.28. The fraction of sp³-hybridized carbons (Fsp3) is 0.308. The first kappa shape index (κ1) is 16.5. The summed E-state index contributed by atoms with van der Waals surface area (Å²) in [6.07, 6.45) is 1.73. The van der Waals surface area contributed by atoms with Gasteiger partial charge in [-0.2, -0.15) is 0 Å². The Balaban J connectivity index is 2.17. The Hall–Kier alpha value is -1.84. The van der Waals surface area contributed by atoms with Gasteiger partial charge >= 0.3 is 0 Å². The number of sulfonamides is 1. The van der Waals surface area contributed by atoms with E-state index in [9.17, 15) is 18.5 Å². The van der Waals surface area contributed by atoms with E-state index in [1.54, 1.807) is 6.20 Å². The van der Waals surface area contributed by atoms with Crippen LogP contribution in [0.5, 0.6) is 0 Å². The topological polar surface area (TPSA) is 102 Å². The van der Waals surface area contributed by atoms with Crippen LogP contribution in [0.3, 0.4) is 0 Å². The number of hydrogen-bond donors (Lipinski definition) is 1. The summed E-state index contributed by atoms with van der Waals surface area (Å²) in [6.45, 7) is 3.90. The predicted octanol–water partition coefficient (Wildman–Crippen LogP) is 2.44. The van der Waals surface area contributed by atoms with Crippen LogP contribution in [-0.2, 0) is 10.0 Å². The number of nitro benzene ring substituents is 1. The van der Waals surface area contributed by atoms with E-state index < -0.39 is 20.6 Å². The number of nitrogens with zero attached hydrogens (tertiary/aromatic N) is 2. The van der Waals surface area contributed by atoms with Crippen molar-refractivity contribution in [3.63, 3.8) is 0 Å². The minimum atomic E-state index is -3.95. The second kappa shape index (κ2) is 6.51. The van der Waals surface area contributed by atoms with Gasteiger partial charge in [0.2, 0.25) is 10.0 Å². The summed E-state index contributed by atoms with van der Waals surface area (Å²) in [7, 11) is -3.95. The molecule has 2 aromatic rings. The maximum absolute atomic E-state index is 12.3. The Labute approximate surface area is 132 Å². The van der Waals surface area contributed by atoms with E-state index in [0.29, 0.717) is 0 Å². The lowest BCUT2D eigenvalue weighted by molar-refractivity contribution is -0.387. The highest BCUT2D eigenvalue weighted by atomic mass is 32.2. The molecule has 2 rings (SSSR count). The van der Waals surface area contributed by atoms with E-state index in [0.717, 1.165) is 9.88 Å². The van der Waals surface area contributed by atoms with E-state index >= 15 is 0 Å². The molecule has 22 heavy (non-hydrogen) atoms. The van der Waals surface area contributed by atoms with Crippen molar-refractivity contribution < 1.29 is 13.3 Å². The van der Waals surface area contributed by atoms with Gasteiger partial charge in [0, 0.05) is 29.6 Å². The molecule has 1 heterocycles. The summed E-state index contributed by atoms with van der Waals surface area (Å²) in [6, 6.07) is 5.27. The van der Waals surface area contributed by atoms with E-state index in [-0.39, 0.29) is 17.4 Å². The third-order valence-electron chi connectivity index (χ3n) is 2.99. The normalized spacial score (nSPS) is 13.0. The van der Waals surface area contributed by atoms with Crippen molar-refractivity contribution >= 4 is 27.0 Å². The van der Waals surface area contributed by atoms with E-state index in [4.69, 9.17) is 0 Å². The standard InChI is InChI=1S/C13H15N3O4S2/c1-9(13-14-8-10(2)21-13)7-15-22(19,20)12-6-4-3-5-11(12)16(17)18/h3-6,8-9,15H,7H2,1-2H3. The number of hydrogen-bond acceptors (Lipinski definition) is 6. The molecule has 0 aliphatic rings. The SMILES string of the molecule is Cc1cnc(C(C)CNS(=O)(=O)c2ccccc2[N+](=O)[O-])s1. The zero-order chi connectivity index (χ0) is 16.3. The number of aromatic nitrogens is 1. The second-order valence-corrected chi connectivity index (χ2v) is 7.79. The second-order valence-electron chi connectivity index (χ2n) is 4.79. The Morgan fingerprint density at radius 2 is 2.09 bits per heavy atom. The maximum atomic E-state index is 12.3. The lowest BCUT2D eigenvalue weighted by atomic mass is 10.2. The van der Waals surface area contributed by atoms with Gasteiger partial charge in [-0.3, -0.25) is 10.1 Å². The third-order valence-corrected chi connectivity index (χ3v) is 5.61. The quantitative estimate of drug-likeness (QED) is 0.642. The first-order chi connectivity index (χ1) is 10.3. The van der Waals surface area contributed by atoms with Gasteiger partial charge in [0.25, 0.3) is 5.69 Å². The van der Waals surface area contributed by atoms with Crippen molar-refractivity contribution in [1.82, 2.24) is 9.71 Å². The smallest absolute Gasteiger partial charge is 0.258 e. The number of nitrogens with one attached hydrogen (secondary N) is 1. The van der Waals surface area contributed by atoms with Gasteiger partial charge in [-0.05, 0) is 13.0 Å². The molecule has 1 atom stereocenters. The minimum Gasteiger partial charge on any atom is -0.258 e. The molecule has 1 unspecified atom stereocenters. The number of aryl methyl sites for hydroxylation is 1. The summed E-state index contributed by atoms with van der Waals surface area (Å²) in [5, 5.41) is 11.8. The Morgan fingerprint density at radius 1 is 1.41 bits per heavy atom. The summed E-state index contributed by atoms with van der Waals surface area (Å²) in [4.78, 5) is 15.2. The van der Waals surface area contributed by atoms with E-state index in [1.165, 1.54) is 35.6 Å². The highest BCUT2D eigenvalue weighted by Crippen LogP contribution is 2.24. The molecule has 0 fully saturated rings. The molecule has 7 nitrogen and oxygen atoms in total. The Bertz CT molecular complexity index is 786. The third kappa shape index (κ3) is 3.67. The molecule has 9 heteroatoms. The number of thiazole rings is 1. The average molecular weight is 341 g/mol. The number of para-hydroxylation sites is 1. The largest absolute Gasteiger partial charge is 0.289 e. The van der Waals surface area contributed by atoms with Crippen LogP contribution in [0.25, 0.3) is 0 Å². The van der Waals surface area contributed by atoms with E-state index in [2.05, 4.69) is 9.71 Å². The molecular weight excluding hydrogens is 326 g/mol. The van der Waals surface area contributed by atoms with Gasteiger partial charge in [-0.15, -0.1) is 11.3 Å². The molecule has 0 saturated heterocycles. The monoisotopic (exact) mass is 341 g/mol. The highest BCUT2D eigenvalue weighted by molar-refractivity contribution is 7.89. The predicted molar refractivity (Wildman–Crippen MR) is 83.6 cm³/mol. The van der Waals surface area contributed by atoms with Crippen LogP contribution < -0.4 is 4.72 Å². The van der Waals surface area contributed by atoms with Gasteiger partial charge < -0.3 is 0 Å². The molecule has 0 amide bonds. The van der Waals surface area contributed by atoms with Crippen molar-refractivity contribution in [1.29, 1.82) is 0 Å². The van der Waals surface area contributed by atoms with Crippen LogP contribution in [0.4, 0.5) is 5.69 Å². The fourth-order valence-electron chi connectivity index (χ4n) is 1.84. The number of benzene rings is 1. The number of nitro groups is 1. The molecule has 0 spiro atoms. The molecule has 0 aliphatic heterocycles. The maximum Gasteiger partial charge on any atom is 0.289 e. The first-order valence-corrected chi connectivity index (χ1v) is 8.76. The summed E-state index contributed by atoms with van der Waals surface area (Å²) in [5.74, 6) is -0.115. The van der Waals surface area contributed by atoms with Gasteiger partial charge in [-0.25, -0.2) is 18.1 Å². The van der Waals surface area contributed by atoms with Crippen molar-refractivity contribution in [2.24, 2.45) is 0 Å². The van der Waals surface area contributed by atoms with Gasteiger partial charge in [0.1, 0.15) is 0 Å². The average Bonchev–Trinajstić information content (AvgIpc) is 2.91. The minimum absolute atomic E-state index is 0.115. The zero-order valence-corrected chi connectivity index (χ0v) is 13.6. The Kier molecular flexibility index (Phi) is 4.89. The van der Waals surface area contributed by atoms with Gasteiger partial charge in [0.05, 0.1) is 9.93 Å². The molecule has 1 N–H and O–H groups in total. The summed E-state index contributed by atoms with van der Waals surface area (Å²) in [5.41, 5.74) is -0.437. The number of rotatable bonds is 6. The van der Waals surface area contributed by atoms with Crippen LogP contribution in [0.2, 0.25) is 0 Å². The lowest BCUT2D eigenvalue weighted by Gasteiger charge is -2.11. The highest BCUT2D eigenvalue weighted by Gasteiger charge is 2.25. The molecule has 0 saturated carbocycles. The van der Waals surface area contributed by atoms with Crippen molar-refractivity contribution in [2.45, 2.75) is 24.7 Å². The van der Waals surface area contributed by atoms with Crippen LogP contribution in [0.15, 0.2) is 35.4 Å². The van der Waals surface area contributed by atoms with Gasteiger partial charge in [0.15, 0.2) is 4.90 Å². The molecule has 0 aliphatic carbocycles. The zero-order valence-electron chi connectivity index (χ0n) is 12.0.